The zero-order valence-electron chi connectivity index (χ0n) is 12.2. The van der Waals surface area contributed by atoms with E-state index in [9.17, 15) is 4.79 Å². The number of piperidine rings is 1. The minimum atomic E-state index is -0.929. The largest absolute Gasteiger partial charge is 0.492 e. The monoisotopic (exact) mass is 293 g/mol. The van der Waals surface area contributed by atoms with E-state index < -0.39 is 5.97 Å². The molecule has 1 atom stereocenters. The van der Waals surface area contributed by atoms with Crippen molar-refractivity contribution in [2.75, 3.05) is 26.3 Å². The van der Waals surface area contributed by atoms with Crippen molar-refractivity contribution in [3.8, 4) is 5.75 Å². The smallest absolute Gasteiger partial charge is 0.335 e. The number of likely N-dealkylation sites (tertiary alicyclic amines) is 1. The predicted octanol–water partition coefficient (Wildman–Crippen LogP) is 2.00. The molecular weight excluding hydrogens is 270 g/mol. The number of benzene rings is 1. The molecule has 0 amide bonds. The second-order valence-corrected chi connectivity index (χ2v) is 5.38. The molecule has 1 fully saturated rings. The highest BCUT2D eigenvalue weighted by molar-refractivity contribution is 5.87. The van der Waals surface area contributed by atoms with E-state index in [2.05, 4.69) is 4.90 Å². The molecule has 5 nitrogen and oxygen atoms in total. The second-order valence-electron chi connectivity index (χ2n) is 5.38. The van der Waals surface area contributed by atoms with Crippen LogP contribution < -0.4 is 4.74 Å². The van der Waals surface area contributed by atoms with Crippen LogP contribution in [0.5, 0.6) is 5.75 Å². The molecule has 0 radical (unpaired) electrons. The number of rotatable bonds is 7. The lowest BCUT2D eigenvalue weighted by Gasteiger charge is -2.35. The molecule has 21 heavy (non-hydrogen) atoms. The third kappa shape index (κ3) is 4.72. The van der Waals surface area contributed by atoms with Crippen LogP contribution in [0.15, 0.2) is 24.3 Å². The van der Waals surface area contributed by atoms with E-state index in [1.54, 1.807) is 24.3 Å². The Kier molecular flexibility index (Phi) is 6.02. The quantitative estimate of drug-likeness (QED) is 0.804. The van der Waals surface area contributed by atoms with Gasteiger partial charge in [-0.3, -0.25) is 4.90 Å². The van der Waals surface area contributed by atoms with Crippen LogP contribution in [0, 0.1) is 0 Å². The Balaban J connectivity index is 1.78. The number of hydrogen-bond acceptors (Lipinski definition) is 4. The van der Waals surface area contributed by atoms with Gasteiger partial charge in [-0.1, -0.05) is 6.42 Å². The fourth-order valence-corrected chi connectivity index (χ4v) is 2.80. The molecule has 1 unspecified atom stereocenters. The van der Waals surface area contributed by atoms with Gasteiger partial charge in [-0.05, 0) is 50.1 Å². The van der Waals surface area contributed by atoms with Crippen molar-refractivity contribution in [1.29, 1.82) is 0 Å². The van der Waals surface area contributed by atoms with Gasteiger partial charge in [0.1, 0.15) is 12.4 Å². The van der Waals surface area contributed by atoms with Gasteiger partial charge in [0.15, 0.2) is 0 Å². The van der Waals surface area contributed by atoms with Crippen molar-refractivity contribution < 1.29 is 19.7 Å². The molecule has 0 aromatic heterocycles. The molecule has 1 aromatic carbocycles. The van der Waals surface area contributed by atoms with E-state index in [0.717, 1.165) is 25.9 Å². The topological polar surface area (TPSA) is 70.0 Å². The fourth-order valence-electron chi connectivity index (χ4n) is 2.80. The zero-order chi connectivity index (χ0) is 15.1. The van der Waals surface area contributed by atoms with Crippen molar-refractivity contribution in [2.45, 2.75) is 31.7 Å². The Bertz CT molecular complexity index is 444. The van der Waals surface area contributed by atoms with Gasteiger partial charge in [0, 0.05) is 19.2 Å². The normalized spacial score (nSPS) is 19.4. The number of aliphatic hydroxyl groups excluding tert-OH is 1. The Morgan fingerprint density at radius 2 is 2.05 bits per heavy atom. The molecule has 2 N–H and O–H groups in total. The molecule has 1 aromatic rings. The lowest BCUT2D eigenvalue weighted by Crippen LogP contribution is -2.42. The highest BCUT2D eigenvalue weighted by atomic mass is 16.5. The van der Waals surface area contributed by atoms with Crippen molar-refractivity contribution in [2.24, 2.45) is 0 Å². The van der Waals surface area contributed by atoms with Gasteiger partial charge in [0.05, 0.1) is 5.56 Å². The Morgan fingerprint density at radius 1 is 1.29 bits per heavy atom. The van der Waals surface area contributed by atoms with Crippen LogP contribution in [0.3, 0.4) is 0 Å². The summed E-state index contributed by atoms with van der Waals surface area (Å²) in [4.78, 5) is 13.1. The summed E-state index contributed by atoms with van der Waals surface area (Å²) in [6, 6.07) is 6.93. The summed E-state index contributed by atoms with van der Waals surface area (Å²) in [5.74, 6) is -0.238. The Hall–Kier alpha value is -1.59. The Morgan fingerprint density at radius 3 is 2.71 bits per heavy atom. The number of carbonyl (C=O) groups is 1. The molecule has 1 heterocycles. The van der Waals surface area contributed by atoms with Crippen molar-refractivity contribution in [3.63, 3.8) is 0 Å². The highest BCUT2D eigenvalue weighted by Gasteiger charge is 2.21. The van der Waals surface area contributed by atoms with Gasteiger partial charge in [0.25, 0.3) is 0 Å². The summed E-state index contributed by atoms with van der Waals surface area (Å²) in [7, 11) is 0. The molecular formula is C16H23NO4. The first-order valence-electron chi connectivity index (χ1n) is 7.52. The molecule has 2 rings (SSSR count). The van der Waals surface area contributed by atoms with E-state index in [4.69, 9.17) is 14.9 Å². The van der Waals surface area contributed by atoms with Gasteiger partial charge in [0.2, 0.25) is 0 Å². The Labute approximate surface area is 125 Å². The van der Waals surface area contributed by atoms with Crippen LogP contribution >= 0.6 is 0 Å². The average molecular weight is 293 g/mol. The molecule has 0 aliphatic carbocycles. The lowest BCUT2D eigenvalue weighted by molar-refractivity contribution is 0.0696. The first-order valence-corrected chi connectivity index (χ1v) is 7.52. The summed E-state index contributed by atoms with van der Waals surface area (Å²) in [5, 5.41) is 17.9. The maximum Gasteiger partial charge on any atom is 0.335 e. The first-order chi connectivity index (χ1) is 10.2. The molecule has 0 saturated carbocycles. The number of nitrogens with zero attached hydrogens (tertiary/aromatic N) is 1. The van der Waals surface area contributed by atoms with Crippen LogP contribution in [0.4, 0.5) is 0 Å². The summed E-state index contributed by atoms with van der Waals surface area (Å²) >= 11 is 0. The van der Waals surface area contributed by atoms with Gasteiger partial charge < -0.3 is 14.9 Å². The summed E-state index contributed by atoms with van der Waals surface area (Å²) in [6.45, 7) is 2.71. The van der Waals surface area contributed by atoms with Gasteiger partial charge in [-0.2, -0.15) is 0 Å². The number of carboxylic acids is 1. The van der Waals surface area contributed by atoms with Crippen molar-refractivity contribution in [1.82, 2.24) is 4.90 Å². The molecule has 1 aliphatic heterocycles. The van der Waals surface area contributed by atoms with Crippen molar-refractivity contribution in [3.05, 3.63) is 29.8 Å². The maximum absolute atomic E-state index is 10.8. The van der Waals surface area contributed by atoms with Crippen LogP contribution in [0.2, 0.25) is 0 Å². The molecule has 116 valence electrons. The number of aromatic carboxylic acids is 1. The third-order valence-corrected chi connectivity index (χ3v) is 3.96. The van der Waals surface area contributed by atoms with E-state index in [-0.39, 0.29) is 12.2 Å². The van der Waals surface area contributed by atoms with Crippen LogP contribution in [-0.4, -0.2) is 53.4 Å². The average Bonchev–Trinajstić information content (AvgIpc) is 2.50. The van der Waals surface area contributed by atoms with Gasteiger partial charge >= 0.3 is 5.97 Å². The summed E-state index contributed by atoms with van der Waals surface area (Å²) < 4.78 is 5.67. The molecule has 5 heteroatoms. The predicted molar refractivity (Wildman–Crippen MR) is 79.8 cm³/mol. The fraction of sp³-hybridized carbons (Fsp3) is 0.562. The van der Waals surface area contributed by atoms with E-state index >= 15 is 0 Å². The third-order valence-electron chi connectivity index (χ3n) is 3.96. The summed E-state index contributed by atoms with van der Waals surface area (Å²) in [6.07, 6.45) is 4.41. The molecule has 0 spiro atoms. The molecule has 1 aliphatic rings. The highest BCUT2D eigenvalue weighted by Crippen LogP contribution is 2.19. The SMILES string of the molecule is O=C(O)c1ccc(OCCN2CCCCC2CCO)cc1. The number of carboxylic acid groups (broad SMARTS) is 1. The second kappa shape index (κ2) is 8.00. The molecule has 0 bridgehead atoms. The first kappa shape index (κ1) is 15.8. The van der Waals surface area contributed by atoms with E-state index in [1.807, 2.05) is 0 Å². The lowest BCUT2D eigenvalue weighted by atomic mass is 10.00. The van der Waals surface area contributed by atoms with Gasteiger partial charge in [-0.15, -0.1) is 0 Å². The van der Waals surface area contributed by atoms with E-state index in [1.165, 1.54) is 12.8 Å². The van der Waals surface area contributed by atoms with Crippen LogP contribution in [-0.2, 0) is 0 Å². The number of hydrogen-bond donors (Lipinski definition) is 2. The number of ether oxygens (including phenoxy) is 1. The minimum absolute atomic E-state index is 0.235. The van der Waals surface area contributed by atoms with Crippen LogP contribution in [0.25, 0.3) is 0 Å². The van der Waals surface area contributed by atoms with Crippen molar-refractivity contribution >= 4 is 5.97 Å². The summed E-state index contributed by atoms with van der Waals surface area (Å²) in [5.41, 5.74) is 0.265. The maximum atomic E-state index is 10.8. The van der Waals surface area contributed by atoms with Gasteiger partial charge in [-0.25, -0.2) is 4.79 Å². The standard InChI is InChI=1S/C16H23NO4/c18-11-8-14-3-1-2-9-17(14)10-12-21-15-6-4-13(5-7-15)16(19)20/h4-7,14,18H,1-3,8-12H2,(H,19,20). The molecule has 1 saturated heterocycles. The number of aliphatic hydroxyl groups is 1. The minimum Gasteiger partial charge on any atom is -0.492 e. The van der Waals surface area contributed by atoms with E-state index in [0.29, 0.717) is 18.4 Å². The zero-order valence-corrected chi connectivity index (χ0v) is 12.2. The van der Waals surface area contributed by atoms with Crippen LogP contribution in [0.1, 0.15) is 36.0 Å².